The second-order valence-electron chi connectivity index (χ2n) is 7.68. The van der Waals surface area contributed by atoms with Gasteiger partial charge >= 0.3 is 0 Å². The minimum absolute atomic E-state index is 0.00672. The highest BCUT2D eigenvalue weighted by molar-refractivity contribution is 5.88. The molecule has 6 nitrogen and oxygen atoms in total. The highest BCUT2D eigenvalue weighted by Crippen LogP contribution is 2.54. The third-order valence-corrected chi connectivity index (χ3v) is 5.66. The molecule has 1 N–H and O–H groups in total. The van der Waals surface area contributed by atoms with Crippen molar-refractivity contribution in [3.8, 4) is 0 Å². The lowest BCUT2D eigenvalue weighted by molar-refractivity contribution is -0.244. The highest BCUT2D eigenvalue weighted by Gasteiger charge is 2.58. The molecule has 1 aliphatic heterocycles. The Bertz CT molecular complexity index is 488. The summed E-state index contributed by atoms with van der Waals surface area (Å²) in [4.78, 5) is 12.7. The SMILES string of the molecule is COCCOCOC[C@H]1C=C[C@@H]2[C@H]3C(=O)[C@@H](CC2(C)C)OC(O)[C@H]31. The number of allylic oxidation sites excluding steroid dienone is 1. The largest absolute Gasteiger partial charge is 0.382 e. The van der Waals surface area contributed by atoms with Crippen molar-refractivity contribution in [2.24, 2.45) is 29.1 Å². The smallest absolute Gasteiger partial charge is 0.165 e. The molecule has 136 valence electrons. The molecule has 24 heavy (non-hydrogen) atoms. The van der Waals surface area contributed by atoms with Gasteiger partial charge in [-0.3, -0.25) is 4.79 Å². The lowest BCUT2D eigenvalue weighted by atomic mass is 9.54. The van der Waals surface area contributed by atoms with Crippen LogP contribution in [0.4, 0.5) is 0 Å². The predicted molar refractivity (Wildman–Crippen MR) is 86.0 cm³/mol. The van der Waals surface area contributed by atoms with Crippen LogP contribution in [0.3, 0.4) is 0 Å². The summed E-state index contributed by atoms with van der Waals surface area (Å²) in [6.07, 6.45) is 3.50. The van der Waals surface area contributed by atoms with Gasteiger partial charge in [-0.2, -0.15) is 0 Å². The molecule has 6 atom stereocenters. The van der Waals surface area contributed by atoms with Gasteiger partial charge in [-0.15, -0.1) is 0 Å². The molecule has 1 saturated heterocycles. The van der Waals surface area contributed by atoms with Crippen LogP contribution in [0.1, 0.15) is 20.3 Å². The predicted octanol–water partition coefficient (Wildman–Crippen LogP) is 1.37. The molecular weight excluding hydrogens is 312 g/mol. The molecule has 1 unspecified atom stereocenters. The number of aliphatic hydroxyl groups excluding tert-OH is 1. The molecule has 0 aromatic heterocycles. The van der Waals surface area contributed by atoms with Crippen LogP contribution in [0, 0.1) is 29.1 Å². The molecule has 1 saturated carbocycles. The van der Waals surface area contributed by atoms with Crippen molar-refractivity contribution in [2.45, 2.75) is 32.7 Å². The number of rotatable bonds is 7. The van der Waals surface area contributed by atoms with Crippen LogP contribution < -0.4 is 0 Å². The molecular formula is C18H28O6. The van der Waals surface area contributed by atoms with Crippen LogP contribution in [-0.2, 0) is 23.7 Å². The van der Waals surface area contributed by atoms with Crippen molar-refractivity contribution in [3.05, 3.63) is 12.2 Å². The molecule has 0 aromatic rings. The first kappa shape index (κ1) is 18.0. The van der Waals surface area contributed by atoms with Crippen molar-refractivity contribution >= 4 is 5.78 Å². The van der Waals surface area contributed by atoms with Crippen molar-refractivity contribution in [2.75, 3.05) is 33.7 Å². The van der Waals surface area contributed by atoms with Crippen molar-refractivity contribution in [1.29, 1.82) is 0 Å². The number of Topliss-reactive ketones (excluding diaryl/α,β-unsaturated/α-hetero) is 1. The van der Waals surface area contributed by atoms with E-state index in [4.69, 9.17) is 18.9 Å². The third-order valence-electron chi connectivity index (χ3n) is 5.66. The fourth-order valence-electron chi connectivity index (χ4n) is 4.43. The minimum Gasteiger partial charge on any atom is -0.382 e. The van der Waals surface area contributed by atoms with Crippen molar-refractivity contribution in [1.82, 2.24) is 0 Å². The van der Waals surface area contributed by atoms with Crippen molar-refractivity contribution in [3.63, 3.8) is 0 Å². The molecule has 2 bridgehead atoms. The first-order valence-corrected chi connectivity index (χ1v) is 8.65. The topological polar surface area (TPSA) is 74.2 Å². The Labute approximate surface area is 143 Å². The normalized spacial score (nSPS) is 39.9. The van der Waals surface area contributed by atoms with Crippen LogP contribution in [0.2, 0.25) is 0 Å². The first-order chi connectivity index (χ1) is 11.5. The maximum absolute atomic E-state index is 12.7. The molecule has 0 aromatic carbocycles. The van der Waals surface area contributed by atoms with Gasteiger partial charge in [0.1, 0.15) is 12.9 Å². The van der Waals surface area contributed by atoms with Crippen LogP contribution >= 0.6 is 0 Å². The number of carbonyl (C=O) groups excluding carboxylic acids is 1. The second-order valence-corrected chi connectivity index (χ2v) is 7.68. The fourth-order valence-corrected chi connectivity index (χ4v) is 4.43. The number of ketones is 1. The van der Waals surface area contributed by atoms with Crippen LogP contribution in [-0.4, -0.2) is 57.0 Å². The van der Waals surface area contributed by atoms with Gasteiger partial charge in [-0.25, -0.2) is 0 Å². The summed E-state index contributed by atoms with van der Waals surface area (Å²) in [6, 6.07) is 0. The zero-order valence-electron chi connectivity index (χ0n) is 14.6. The molecule has 6 heteroatoms. The van der Waals surface area contributed by atoms with E-state index < -0.39 is 12.4 Å². The van der Waals surface area contributed by atoms with Gasteiger partial charge in [0.05, 0.1) is 19.8 Å². The number of ether oxygens (including phenoxy) is 4. The van der Waals surface area contributed by atoms with E-state index in [1.165, 1.54) is 0 Å². The minimum atomic E-state index is -0.913. The molecule has 1 heterocycles. The van der Waals surface area contributed by atoms with Gasteiger partial charge in [0, 0.05) is 24.9 Å². The quantitative estimate of drug-likeness (QED) is 0.429. The summed E-state index contributed by atoms with van der Waals surface area (Å²) in [5.41, 5.74) is -0.00672. The summed E-state index contributed by atoms with van der Waals surface area (Å²) in [5.74, 6) is -0.191. The van der Waals surface area contributed by atoms with Gasteiger partial charge in [0.25, 0.3) is 0 Å². The van der Waals surface area contributed by atoms with Crippen LogP contribution in [0.5, 0.6) is 0 Å². The van der Waals surface area contributed by atoms with E-state index in [1.807, 2.05) is 0 Å². The Morgan fingerprint density at radius 1 is 1.29 bits per heavy atom. The molecule has 0 radical (unpaired) electrons. The molecule has 0 spiro atoms. The average molecular weight is 340 g/mol. The number of fused-ring (bicyclic) bond motifs is 1. The summed E-state index contributed by atoms with van der Waals surface area (Å²) in [5, 5.41) is 10.4. The monoisotopic (exact) mass is 340 g/mol. The lowest BCUT2D eigenvalue weighted by Crippen LogP contribution is -2.61. The van der Waals surface area contributed by atoms with E-state index in [0.29, 0.717) is 26.2 Å². The molecule has 3 aliphatic rings. The Balaban J connectivity index is 1.66. The van der Waals surface area contributed by atoms with Crippen molar-refractivity contribution < 1.29 is 28.8 Å². The third kappa shape index (κ3) is 3.30. The van der Waals surface area contributed by atoms with E-state index in [9.17, 15) is 9.90 Å². The number of methoxy groups -OCH3 is 1. The van der Waals surface area contributed by atoms with E-state index in [1.54, 1.807) is 7.11 Å². The average Bonchev–Trinajstić information content (AvgIpc) is 2.53. The van der Waals surface area contributed by atoms with E-state index >= 15 is 0 Å². The van der Waals surface area contributed by atoms with E-state index in [-0.39, 0.29) is 41.7 Å². The molecule has 2 aliphatic carbocycles. The summed E-state index contributed by atoms with van der Waals surface area (Å²) < 4.78 is 21.4. The molecule has 0 amide bonds. The van der Waals surface area contributed by atoms with E-state index in [2.05, 4.69) is 26.0 Å². The van der Waals surface area contributed by atoms with Gasteiger partial charge in [-0.05, 0) is 17.8 Å². The second kappa shape index (κ2) is 7.22. The van der Waals surface area contributed by atoms with E-state index in [0.717, 1.165) is 0 Å². The Hall–Kier alpha value is -0.790. The number of hydrogen-bond donors (Lipinski definition) is 1. The van der Waals surface area contributed by atoms with Gasteiger partial charge < -0.3 is 24.1 Å². The summed E-state index contributed by atoms with van der Waals surface area (Å²) in [7, 11) is 1.62. The maximum Gasteiger partial charge on any atom is 0.165 e. The Morgan fingerprint density at radius 2 is 2.08 bits per heavy atom. The standard InChI is InChI=1S/C18H28O6/c1-18(2)8-13-16(19)15-12(18)5-4-11(14(15)17(20)24-13)9-23-10-22-7-6-21-3/h4-5,11-15,17,20H,6-10H2,1-3H3/t11-,12-,13-,14+,15-,17?/m1/s1. The van der Waals surface area contributed by atoms with Crippen LogP contribution in [0.15, 0.2) is 12.2 Å². The highest BCUT2D eigenvalue weighted by atomic mass is 16.7. The molecule has 3 rings (SSSR count). The maximum atomic E-state index is 12.7. The first-order valence-electron chi connectivity index (χ1n) is 8.65. The molecule has 2 fully saturated rings. The lowest BCUT2D eigenvalue weighted by Gasteiger charge is -2.55. The van der Waals surface area contributed by atoms with Crippen LogP contribution in [0.25, 0.3) is 0 Å². The zero-order valence-corrected chi connectivity index (χ0v) is 14.6. The number of aliphatic hydroxyl groups is 1. The number of hydrogen-bond acceptors (Lipinski definition) is 6. The number of carbonyl (C=O) groups is 1. The summed E-state index contributed by atoms with van der Waals surface area (Å²) >= 11 is 0. The summed E-state index contributed by atoms with van der Waals surface area (Å²) in [6.45, 7) is 5.92. The fraction of sp³-hybridized carbons (Fsp3) is 0.833. The zero-order chi connectivity index (χ0) is 17.3. The van der Waals surface area contributed by atoms with Gasteiger partial charge in [0.15, 0.2) is 12.1 Å². The Kier molecular flexibility index (Phi) is 5.42. The van der Waals surface area contributed by atoms with Gasteiger partial charge in [0.2, 0.25) is 0 Å². The van der Waals surface area contributed by atoms with Gasteiger partial charge in [-0.1, -0.05) is 26.0 Å². The Morgan fingerprint density at radius 3 is 2.83 bits per heavy atom.